The summed E-state index contributed by atoms with van der Waals surface area (Å²) in [6.07, 6.45) is 6.41. The number of aromatic nitrogens is 3. The van der Waals surface area contributed by atoms with E-state index in [0.29, 0.717) is 11.0 Å². The van der Waals surface area contributed by atoms with Crippen LogP contribution in [-0.4, -0.2) is 31.8 Å². The summed E-state index contributed by atoms with van der Waals surface area (Å²) in [5.74, 6) is -0.463. The maximum absolute atomic E-state index is 12.2. The zero-order valence-electron chi connectivity index (χ0n) is 13.8. The van der Waals surface area contributed by atoms with Crippen LogP contribution in [0.5, 0.6) is 0 Å². The molecule has 0 unspecified atom stereocenters. The molecule has 9 nitrogen and oxygen atoms in total. The fourth-order valence-corrected chi connectivity index (χ4v) is 2.71. The van der Waals surface area contributed by atoms with Crippen molar-refractivity contribution in [2.24, 2.45) is 5.10 Å². The zero-order chi connectivity index (χ0) is 19.2. The normalized spacial score (nSPS) is 10.9. The van der Waals surface area contributed by atoms with Gasteiger partial charge in [-0.15, -0.1) is 0 Å². The van der Waals surface area contributed by atoms with Crippen LogP contribution < -0.4 is 5.43 Å². The molecule has 0 aliphatic heterocycles. The minimum atomic E-state index is -0.463. The molecule has 3 rings (SSSR count). The molecule has 10 heteroatoms. The Hall–Kier alpha value is -3.40. The standard InChI is InChI=1S/C17H13BrN6O3/c18-15-11-23(10-13-1-3-14(4-2-13)24(26)27)22-16(15)17(25)21-20-9-12-5-7-19-8-6-12/h1-9,11H,10H2,(H,21,25)/b20-9+. The van der Waals surface area contributed by atoms with Gasteiger partial charge in [-0.1, -0.05) is 12.1 Å². The largest absolute Gasteiger partial charge is 0.293 e. The molecular weight excluding hydrogens is 416 g/mol. The number of amides is 1. The van der Waals surface area contributed by atoms with Gasteiger partial charge in [0.2, 0.25) is 0 Å². The number of halogens is 1. The summed E-state index contributed by atoms with van der Waals surface area (Å²) in [7, 11) is 0. The van der Waals surface area contributed by atoms with Crippen LogP contribution in [0, 0.1) is 10.1 Å². The van der Waals surface area contributed by atoms with E-state index in [4.69, 9.17) is 0 Å². The van der Waals surface area contributed by atoms with E-state index in [2.05, 4.69) is 36.5 Å². The number of rotatable bonds is 6. The van der Waals surface area contributed by atoms with Crippen LogP contribution in [0.25, 0.3) is 0 Å². The van der Waals surface area contributed by atoms with Gasteiger partial charge in [-0.25, -0.2) is 5.43 Å². The Morgan fingerprint density at radius 1 is 1.26 bits per heavy atom. The highest BCUT2D eigenvalue weighted by atomic mass is 79.9. The molecule has 0 saturated carbocycles. The van der Waals surface area contributed by atoms with Crippen molar-refractivity contribution in [3.05, 3.63) is 86.4 Å². The third kappa shape index (κ3) is 4.82. The van der Waals surface area contributed by atoms with Gasteiger partial charge in [0.15, 0.2) is 5.69 Å². The average molecular weight is 429 g/mol. The van der Waals surface area contributed by atoms with Crippen molar-refractivity contribution in [3.8, 4) is 0 Å². The van der Waals surface area contributed by atoms with Crippen LogP contribution in [0.3, 0.4) is 0 Å². The van der Waals surface area contributed by atoms with Crippen LogP contribution >= 0.6 is 15.9 Å². The van der Waals surface area contributed by atoms with E-state index >= 15 is 0 Å². The highest BCUT2D eigenvalue weighted by Gasteiger charge is 2.15. The predicted octanol–water partition coefficient (Wildman–Crippen LogP) is 2.76. The first-order chi connectivity index (χ1) is 13.0. The number of carbonyl (C=O) groups is 1. The smallest absolute Gasteiger partial charge is 0.266 e. The first-order valence-corrected chi connectivity index (χ1v) is 8.52. The van der Waals surface area contributed by atoms with E-state index in [9.17, 15) is 14.9 Å². The van der Waals surface area contributed by atoms with E-state index < -0.39 is 10.8 Å². The van der Waals surface area contributed by atoms with Crippen LogP contribution in [-0.2, 0) is 6.54 Å². The number of pyridine rings is 1. The minimum Gasteiger partial charge on any atom is -0.266 e. The molecule has 0 radical (unpaired) electrons. The van der Waals surface area contributed by atoms with Crippen molar-refractivity contribution in [1.29, 1.82) is 0 Å². The fraction of sp³-hybridized carbons (Fsp3) is 0.0588. The van der Waals surface area contributed by atoms with Crippen molar-refractivity contribution in [1.82, 2.24) is 20.2 Å². The summed E-state index contributed by atoms with van der Waals surface area (Å²) in [4.78, 5) is 26.4. The third-order valence-electron chi connectivity index (χ3n) is 3.51. The van der Waals surface area contributed by atoms with Gasteiger partial charge in [0.25, 0.3) is 11.6 Å². The second-order valence-corrected chi connectivity index (χ2v) is 6.28. The van der Waals surface area contributed by atoms with E-state index in [-0.39, 0.29) is 11.4 Å². The fourth-order valence-electron chi connectivity index (χ4n) is 2.21. The van der Waals surface area contributed by atoms with Crippen LogP contribution in [0.1, 0.15) is 21.6 Å². The highest BCUT2D eigenvalue weighted by Crippen LogP contribution is 2.17. The van der Waals surface area contributed by atoms with Gasteiger partial charge in [-0.3, -0.25) is 24.6 Å². The monoisotopic (exact) mass is 428 g/mol. The molecule has 0 atom stereocenters. The number of hydrazone groups is 1. The number of nitro groups is 1. The molecular formula is C17H13BrN6O3. The predicted molar refractivity (Wildman–Crippen MR) is 101 cm³/mol. The molecule has 0 saturated heterocycles. The van der Waals surface area contributed by atoms with E-state index in [0.717, 1.165) is 11.1 Å². The third-order valence-corrected chi connectivity index (χ3v) is 4.09. The van der Waals surface area contributed by atoms with Gasteiger partial charge < -0.3 is 0 Å². The second kappa shape index (κ2) is 8.32. The minimum absolute atomic E-state index is 0.0209. The van der Waals surface area contributed by atoms with E-state index in [1.807, 2.05) is 0 Å². The Morgan fingerprint density at radius 3 is 2.63 bits per heavy atom. The average Bonchev–Trinajstić information content (AvgIpc) is 3.03. The number of benzene rings is 1. The van der Waals surface area contributed by atoms with Crippen LogP contribution in [0.4, 0.5) is 5.69 Å². The summed E-state index contributed by atoms with van der Waals surface area (Å²) >= 11 is 3.31. The molecule has 0 fully saturated rings. The Kier molecular flexibility index (Phi) is 5.67. The number of non-ortho nitro benzene ring substituents is 1. The molecule has 2 heterocycles. The highest BCUT2D eigenvalue weighted by molar-refractivity contribution is 9.10. The number of nitrogens with one attached hydrogen (secondary N) is 1. The first-order valence-electron chi connectivity index (χ1n) is 7.72. The molecule has 136 valence electrons. The molecule has 0 aliphatic carbocycles. The van der Waals surface area contributed by atoms with Crippen molar-refractivity contribution < 1.29 is 9.72 Å². The molecule has 1 amide bonds. The quantitative estimate of drug-likeness (QED) is 0.368. The molecule has 1 aromatic carbocycles. The zero-order valence-corrected chi connectivity index (χ0v) is 15.4. The number of nitro benzene ring substituents is 1. The lowest BCUT2D eigenvalue weighted by Crippen LogP contribution is -2.19. The Labute approximate surface area is 162 Å². The second-order valence-electron chi connectivity index (χ2n) is 5.43. The summed E-state index contributed by atoms with van der Waals surface area (Å²) in [6, 6.07) is 9.65. The van der Waals surface area contributed by atoms with Crippen LogP contribution in [0.15, 0.2) is 64.6 Å². The van der Waals surface area contributed by atoms with Crippen LogP contribution in [0.2, 0.25) is 0 Å². The maximum Gasteiger partial charge on any atom is 0.293 e. The van der Waals surface area contributed by atoms with E-state index in [1.165, 1.54) is 18.3 Å². The van der Waals surface area contributed by atoms with Crippen molar-refractivity contribution in [2.45, 2.75) is 6.54 Å². The summed E-state index contributed by atoms with van der Waals surface area (Å²) in [5.41, 5.74) is 4.24. The Balaban J connectivity index is 1.65. The van der Waals surface area contributed by atoms with Gasteiger partial charge in [0.1, 0.15) is 0 Å². The topological polar surface area (TPSA) is 115 Å². The molecule has 1 N–H and O–H groups in total. The van der Waals surface area contributed by atoms with E-state index in [1.54, 1.807) is 47.5 Å². The molecule has 2 aromatic heterocycles. The lowest BCUT2D eigenvalue weighted by Gasteiger charge is -2.01. The number of hydrogen-bond donors (Lipinski definition) is 1. The molecule has 3 aromatic rings. The SMILES string of the molecule is O=C(N/N=C/c1ccncc1)c1nn(Cc2ccc([N+](=O)[O-])cc2)cc1Br. The van der Waals surface area contributed by atoms with Gasteiger partial charge in [0, 0.05) is 30.7 Å². The van der Waals surface area contributed by atoms with Crippen molar-refractivity contribution >= 4 is 33.7 Å². The Morgan fingerprint density at radius 2 is 1.96 bits per heavy atom. The molecule has 27 heavy (non-hydrogen) atoms. The summed E-state index contributed by atoms with van der Waals surface area (Å²) in [5, 5.41) is 18.8. The number of carbonyl (C=O) groups excluding carboxylic acids is 1. The lowest BCUT2D eigenvalue weighted by molar-refractivity contribution is -0.384. The van der Waals surface area contributed by atoms with Gasteiger partial charge in [-0.05, 0) is 39.2 Å². The maximum atomic E-state index is 12.2. The van der Waals surface area contributed by atoms with Crippen molar-refractivity contribution in [3.63, 3.8) is 0 Å². The van der Waals surface area contributed by atoms with Gasteiger partial charge in [-0.2, -0.15) is 10.2 Å². The number of hydrogen-bond acceptors (Lipinski definition) is 6. The first kappa shape index (κ1) is 18.4. The molecule has 0 spiro atoms. The lowest BCUT2D eigenvalue weighted by atomic mass is 10.2. The summed E-state index contributed by atoms with van der Waals surface area (Å²) < 4.78 is 2.08. The number of nitrogens with zero attached hydrogens (tertiary/aromatic N) is 5. The van der Waals surface area contributed by atoms with Gasteiger partial charge >= 0.3 is 0 Å². The molecule has 0 aliphatic rings. The van der Waals surface area contributed by atoms with Crippen molar-refractivity contribution in [2.75, 3.05) is 0 Å². The molecule has 0 bridgehead atoms. The Bertz CT molecular complexity index is 986. The summed E-state index contributed by atoms with van der Waals surface area (Å²) in [6.45, 7) is 0.365. The van der Waals surface area contributed by atoms with Gasteiger partial charge in [0.05, 0.1) is 22.2 Å².